The summed E-state index contributed by atoms with van der Waals surface area (Å²) >= 11 is 0. The van der Waals surface area contributed by atoms with E-state index < -0.39 is 11.7 Å². The Bertz CT molecular complexity index is 1260. The van der Waals surface area contributed by atoms with E-state index in [9.17, 15) is 23.4 Å². The van der Waals surface area contributed by atoms with Crippen LogP contribution in [0, 0.1) is 6.92 Å². The van der Waals surface area contributed by atoms with Crippen LogP contribution in [0.3, 0.4) is 0 Å². The van der Waals surface area contributed by atoms with Gasteiger partial charge in [-0.2, -0.15) is 18.3 Å². The quantitative estimate of drug-likeness (QED) is 0.415. The number of pyridine rings is 1. The van der Waals surface area contributed by atoms with Crippen LogP contribution in [0.25, 0.3) is 28.3 Å². The van der Waals surface area contributed by atoms with Gasteiger partial charge in [-0.05, 0) is 74.0 Å². The average Bonchev–Trinajstić information content (AvgIpc) is 3.13. The molecular weight excluding hydrogens is 419 g/mol. The Balaban J connectivity index is 2.02. The predicted octanol–water partition coefficient (Wildman–Crippen LogP) is 5.90. The van der Waals surface area contributed by atoms with Crippen molar-refractivity contribution in [2.24, 2.45) is 0 Å². The monoisotopic (exact) mass is 439 g/mol. The standard InChI is InChI=1S/C24H20F3N3O2/c1-3-20-22(15-4-8-18(31)9-5-15)29-30(23(20)16-6-10-19(32)11-7-16)21-13-17(24(25,26)27)12-14(2)28-21/h4-13,31-32H,3H2,1-2H3. The molecule has 0 fully saturated rings. The van der Waals surface area contributed by atoms with Gasteiger partial charge in [0.15, 0.2) is 5.82 Å². The lowest BCUT2D eigenvalue weighted by molar-refractivity contribution is -0.137. The predicted molar refractivity (Wildman–Crippen MR) is 115 cm³/mol. The normalized spacial score (nSPS) is 11.7. The van der Waals surface area contributed by atoms with Crippen LogP contribution in [0.5, 0.6) is 11.5 Å². The summed E-state index contributed by atoms with van der Waals surface area (Å²) in [6.45, 7) is 3.43. The Morgan fingerprint density at radius 3 is 1.97 bits per heavy atom. The zero-order chi connectivity index (χ0) is 23.0. The summed E-state index contributed by atoms with van der Waals surface area (Å²) in [4.78, 5) is 4.33. The van der Waals surface area contributed by atoms with E-state index in [0.29, 0.717) is 28.9 Å². The van der Waals surface area contributed by atoms with E-state index in [1.165, 1.54) is 35.9 Å². The Morgan fingerprint density at radius 2 is 1.44 bits per heavy atom. The van der Waals surface area contributed by atoms with Crippen LogP contribution in [0.2, 0.25) is 0 Å². The molecule has 4 rings (SSSR count). The molecule has 0 unspecified atom stereocenters. The van der Waals surface area contributed by atoms with E-state index in [0.717, 1.165) is 17.7 Å². The fourth-order valence-corrected chi connectivity index (χ4v) is 3.64. The molecule has 0 saturated carbocycles. The van der Waals surface area contributed by atoms with Crippen LogP contribution in [0.15, 0.2) is 60.7 Å². The summed E-state index contributed by atoms with van der Waals surface area (Å²) in [6, 6.07) is 14.8. The van der Waals surface area contributed by atoms with Crippen molar-refractivity contribution in [3.05, 3.63) is 77.5 Å². The van der Waals surface area contributed by atoms with Crippen molar-refractivity contribution in [2.45, 2.75) is 26.4 Å². The molecule has 0 amide bonds. The number of aromatic hydroxyl groups is 2. The summed E-state index contributed by atoms with van der Waals surface area (Å²) < 4.78 is 41.8. The van der Waals surface area contributed by atoms with Gasteiger partial charge >= 0.3 is 6.18 Å². The molecule has 4 aromatic rings. The number of benzene rings is 2. The van der Waals surface area contributed by atoms with E-state index >= 15 is 0 Å². The number of alkyl halides is 3. The third kappa shape index (κ3) is 4.03. The van der Waals surface area contributed by atoms with Gasteiger partial charge in [0, 0.05) is 22.4 Å². The molecule has 32 heavy (non-hydrogen) atoms. The minimum Gasteiger partial charge on any atom is -0.508 e. The fourth-order valence-electron chi connectivity index (χ4n) is 3.64. The lowest BCUT2D eigenvalue weighted by Crippen LogP contribution is -2.10. The van der Waals surface area contributed by atoms with Gasteiger partial charge in [-0.15, -0.1) is 0 Å². The topological polar surface area (TPSA) is 71.2 Å². The lowest BCUT2D eigenvalue weighted by Gasteiger charge is -2.13. The first kappa shape index (κ1) is 21.4. The molecule has 2 aromatic carbocycles. The number of nitrogens with zero attached hydrogens (tertiary/aromatic N) is 3. The van der Waals surface area contributed by atoms with Gasteiger partial charge in [0.2, 0.25) is 0 Å². The highest BCUT2D eigenvalue weighted by atomic mass is 19.4. The summed E-state index contributed by atoms with van der Waals surface area (Å²) in [6.07, 6.45) is -3.98. The number of aryl methyl sites for hydroxylation is 1. The molecule has 2 aromatic heterocycles. The number of aromatic nitrogens is 3. The Morgan fingerprint density at radius 1 is 0.875 bits per heavy atom. The van der Waals surface area contributed by atoms with E-state index in [2.05, 4.69) is 10.1 Å². The van der Waals surface area contributed by atoms with Crippen LogP contribution in [-0.2, 0) is 12.6 Å². The Hall–Kier alpha value is -3.81. The molecule has 0 spiro atoms. The molecule has 0 aliphatic rings. The van der Waals surface area contributed by atoms with Crippen molar-refractivity contribution in [1.29, 1.82) is 0 Å². The van der Waals surface area contributed by atoms with Crippen LogP contribution < -0.4 is 0 Å². The highest BCUT2D eigenvalue weighted by molar-refractivity contribution is 5.76. The van der Waals surface area contributed by atoms with Gasteiger partial charge in [-0.1, -0.05) is 6.92 Å². The summed E-state index contributed by atoms with van der Waals surface area (Å²) in [5.74, 6) is 0.213. The number of hydrogen-bond acceptors (Lipinski definition) is 4. The molecule has 8 heteroatoms. The van der Waals surface area contributed by atoms with Crippen molar-refractivity contribution >= 4 is 0 Å². The number of phenols is 2. The van der Waals surface area contributed by atoms with Crippen molar-refractivity contribution in [3.63, 3.8) is 0 Å². The van der Waals surface area contributed by atoms with Gasteiger partial charge in [-0.25, -0.2) is 9.67 Å². The molecule has 0 bridgehead atoms. The van der Waals surface area contributed by atoms with Gasteiger partial charge in [0.05, 0.1) is 17.0 Å². The van der Waals surface area contributed by atoms with Crippen LogP contribution in [0.4, 0.5) is 13.2 Å². The lowest BCUT2D eigenvalue weighted by atomic mass is 9.99. The molecule has 0 radical (unpaired) electrons. The molecule has 0 saturated heterocycles. The van der Waals surface area contributed by atoms with Gasteiger partial charge in [0.25, 0.3) is 0 Å². The van der Waals surface area contributed by atoms with Crippen molar-refractivity contribution in [2.75, 3.05) is 0 Å². The van der Waals surface area contributed by atoms with Crippen LogP contribution >= 0.6 is 0 Å². The SMILES string of the molecule is CCc1c(-c2ccc(O)cc2)nn(-c2cc(C(F)(F)F)cc(C)n2)c1-c1ccc(O)cc1. The highest BCUT2D eigenvalue weighted by Crippen LogP contribution is 2.37. The Labute approximate surface area is 182 Å². The van der Waals surface area contributed by atoms with E-state index in [1.807, 2.05) is 6.92 Å². The number of hydrogen-bond donors (Lipinski definition) is 2. The maximum atomic E-state index is 13.5. The highest BCUT2D eigenvalue weighted by Gasteiger charge is 2.32. The molecule has 2 heterocycles. The first-order valence-electron chi connectivity index (χ1n) is 9.94. The summed E-state index contributed by atoms with van der Waals surface area (Å²) in [7, 11) is 0. The second-order valence-electron chi connectivity index (χ2n) is 7.39. The van der Waals surface area contributed by atoms with E-state index in [1.54, 1.807) is 24.3 Å². The summed E-state index contributed by atoms with van der Waals surface area (Å²) in [5, 5.41) is 24.0. The van der Waals surface area contributed by atoms with E-state index in [4.69, 9.17) is 0 Å². The van der Waals surface area contributed by atoms with Crippen molar-refractivity contribution < 1.29 is 23.4 Å². The Kier molecular flexibility index (Phi) is 5.38. The summed E-state index contributed by atoms with van der Waals surface area (Å²) in [5.41, 5.74) is 2.76. The maximum Gasteiger partial charge on any atom is 0.416 e. The van der Waals surface area contributed by atoms with Gasteiger partial charge in [-0.3, -0.25) is 0 Å². The van der Waals surface area contributed by atoms with Gasteiger partial charge < -0.3 is 10.2 Å². The fraction of sp³-hybridized carbons (Fsp3) is 0.167. The maximum absolute atomic E-state index is 13.5. The van der Waals surface area contributed by atoms with Crippen molar-refractivity contribution in [1.82, 2.24) is 14.8 Å². The zero-order valence-electron chi connectivity index (χ0n) is 17.4. The third-order valence-electron chi connectivity index (χ3n) is 5.10. The zero-order valence-corrected chi connectivity index (χ0v) is 17.4. The molecular formula is C24H20F3N3O2. The molecule has 164 valence electrons. The number of phenolic OH excluding ortho intramolecular Hbond substituents is 2. The smallest absolute Gasteiger partial charge is 0.416 e. The first-order valence-corrected chi connectivity index (χ1v) is 9.94. The minimum atomic E-state index is -4.53. The van der Waals surface area contributed by atoms with Gasteiger partial charge in [0.1, 0.15) is 11.5 Å². The largest absolute Gasteiger partial charge is 0.508 e. The molecule has 5 nitrogen and oxygen atoms in total. The average molecular weight is 439 g/mol. The first-order chi connectivity index (χ1) is 15.2. The third-order valence-corrected chi connectivity index (χ3v) is 5.10. The number of halogens is 3. The molecule has 0 aliphatic heterocycles. The van der Waals surface area contributed by atoms with Crippen LogP contribution in [-0.4, -0.2) is 25.0 Å². The number of rotatable bonds is 4. The van der Waals surface area contributed by atoms with Crippen LogP contribution in [0.1, 0.15) is 23.7 Å². The van der Waals surface area contributed by atoms with Crippen molar-refractivity contribution in [3.8, 4) is 39.8 Å². The second-order valence-corrected chi connectivity index (χ2v) is 7.39. The minimum absolute atomic E-state index is 0.0418. The molecule has 0 aliphatic carbocycles. The molecule has 2 N–H and O–H groups in total. The van der Waals surface area contributed by atoms with E-state index in [-0.39, 0.29) is 23.0 Å². The molecule has 0 atom stereocenters. The second kappa shape index (κ2) is 8.03.